The number of rotatable bonds is 3. The van der Waals surface area contributed by atoms with Gasteiger partial charge < -0.3 is 20.0 Å². The lowest BCUT2D eigenvalue weighted by atomic mass is 10.2. The van der Waals surface area contributed by atoms with Gasteiger partial charge >= 0.3 is 0 Å². The summed E-state index contributed by atoms with van der Waals surface area (Å²) < 4.78 is 5.33. The second-order valence-corrected chi connectivity index (χ2v) is 5.02. The fourth-order valence-electron chi connectivity index (χ4n) is 2.39. The minimum Gasteiger partial charge on any atom is -0.455 e. The number of nitrogens with zero attached hydrogens (tertiary/aromatic N) is 2. The number of piperazine rings is 1. The van der Waals surface area contributed by atoms with Gasteiger partial charge in [-0.2, -0.15) is 0 Å². The zero-order chi connectivity index (χ0) is 13.4. The molecule has 2 fully saturated rings. The van der Waals surface area contributed by atoms with E-state index in [0.717, 1.165) is 12.8 Å². The van der Waals surface area contributed by atoms with E-state index in [0.29, 0.717) is 24.9 Å². The molecule has 0 aromatic carbocycles. The van der Waals surface area contributed by atoms with Crippen molar-refractivity contribution in [2.75, 3.05) is 19.6 Å². The normalized spacial score (nSPS) is 18.9. The molecular formula is C13H18ClN3O3. The van der Waals surface area contributed by atoms with Crippen molar-refractivity contribution in [1.82, 2.24) is 9.80 Å². The molecule has 1 aliphatic heterocycles. The SMILES string of the molecule is Cl.NCc1ccc(C(=O)N2CCN(C3CC3)C(=O)C2)o1. The molecule has 0 radical (unpaired) electrons. The minimum absolute atomic E-state index is 0. The van der Waals surface area contributed by atoms with Gasteiger partial charge in [-0.25, -0.2) is 0 Å². The first-order chi connectivity index (χ1) is 9.19. The third-order valence-electron chi connectivity index (χ3n) is 3.61. The summed E-state index contributed by atoms with van der Waals surface area (Å²) >= 11 is 0. The van der Waals surface area contributed by atoms with Crippen LogP contribution < -0.4 is 5.73 Å². The third-order valence-corrected chi connectivity index (χ3v) is 3.61. The van der Waals surface area contributed by atoms with E-state index in [1.165, 1.54) is 0 Å². The van der Waals surface area contributed by atoms with E-state index in [9.17, 15) is 9.59 Å². The predicted molar refractivity (Wildman–Crippen MR) is 74.5 cm³/mol. The smallest absolute Gasteiger partial charge is 0.290 e. The number of carbonyl (C=O) groups is 2. The van der Waals surface area contributed by atoms with Gasteiger partial charge in [0.1, 0.15) is 12.3 Å². The van der Waals surface area contributed by atoms with Crippen molar-refractivity contribution < 1.29 is 14.0 Å². The molecule has 0 bridgehead atoms. The van der Waals surface area contributed by atoms with Crippen molar-refractivity contribution in [3.05, 3.63) is 23.7 Å². The molecule has 7 heteroatoms. The Hall–Kier alpha value is -1.53. The van der Waals surface area contributed by atoms with E-state index in [4.69, 9.17) is 10.2 Å². The maximum atomic E-state index is 12.2. The number of carbonyl (C=O) groups excluding carboxylic acids is 2. The van der Waals surface area contributed by atoms with Crippen LogP contribution in [0.1, 0.15) is 29.2 Å². The van der Waals surface area contributed by atoms with Gasteiger partial charge in [-0.1, -0.05) is 0 Å². The van der Waals surface area contributed by atoms with E-state index < -0.39 is 0 Å². The molecule has 6 nitrogen and oxygen atoms in total. The van der Waals surface area contributed by atoms with Crippen LogP contribution in [-0.4, -0.2) is 47.3 Å². The van der Waals surface area contributed by atoms with E-state index in [-0.39, 0.29) is 43.1 Å². The topological polar surface area (TPSA) is 79.8 Å². The predicted octanol–water partition coefficient (Wildman–Crippen LogP) is 0.607. The molecule has 1 saturated heterocycles. The lowest BCUT2D eigenvalue weighted by Gasteiger charge is -2.34. The highest BCUT2D eigenvalue weighted by Crippen LogP contribution is 2.28. The first-order valence-electron chi connectivity index (χ1n) is 6.56. The molecule has 0 spiro atoms. The first kappa shape index (κ1) is 14.9. The van der Waals surface area contributed by atoms with Gasteiger partial charge in [0, 0.05) is 19.1 Å². The molecule has 0 atom stereocenters. The maximum absolute atomic E-state index is 12.2. The number of hydrogen-bond acceptors (Lipinski definition) is 4. The standard InChI is InChI=1S/C13H17N3O3.ClH/c14-7-10-3-4-11(19-10)13(18)15-5-6-16(9-1-2-9)12(17)8-15;/h3-4,9H,1-2,5-8,14H2;1H. The Morgan fingerprint density at radius 1 is 1.35 bits per heavy atom. The summed E-state index contributed by atoms with van der Waals surface area (Å²) in [6, 6.07) is 3.72. The molecule has 1 saturated carbocycles. The Balaban J connectivity index is 0.00000147. The van der Waals surface area contributed by atoms with Gasteiger partial charge in [0.15, 0.2) is 5.76 Å². The average molecular weight is 300 g/mol. The van der Waals surface area contributed by atoms with Crippen LogP contribution in [-0.2, 0) is 11.3 Å². The monoisotopic (exact) mass is 299 g/mol. The van der Waals surface area contributed by atoms with Crippen LogP contribution in [0.4, 0.5) is 0 Å². The van der Waals surface area contributed by atoms with Crippen LogP contribution in [0.15, 0.2) is 16.5 Å². The Morgan fingerprint density at radius 3 is 2.65 bits per heavy atom. The van der Waals surface area contributed by atoms with Crippen LogP contribution >= 0.6 is 12.4 Å². The van der Waals surface area contributed by atoms with Crippen LogP contribution in [0.3, 0.4) is 0 Å². The lowest BCUT2D eigenvalue weighted by Crippen LogP contribution is -2.52. The third kappa shape index (κ3) is 2.81. The summed E-state index contributed by atoms with van der Waals surface area (Å²) in [5.41, 5.74) is 5.44. The second kappa shape index (κ2) is 5.85. The highest BCUT2D eigenvalue weighted by atomic mass is 35.5. The molecule has 1 aromatic heterocycles. The zero-order valence-electron chi connectivity index (χ0n) is 11.1. The fraction of sp³-hybridized carbons (Fsp3) is 0.538. The number of halogens is 1. The van der Waals surface area contributed by atoms with Crippen molar-refractivity contribution in [3.63, 3.8) is 0 Å². The fourth-order valence-corrected chi connectivity index (χ4v) is 2.39. The largest absolute Gasteiger partial charge is 0.455 e. The van der Waals surface area contributed by atoms with Gasteiger partial charge in [-0.05, 0) is 25.0 Å². The van der Waals surface area contributed by atoms with Crippen LogP contribution in [0.5, 0.6) is 0 Å². The molecule has 110 valence electrons. The summed E-state index contributed by atoms with van der Waals surface area (Å²) in [6.45, 7) is 1.61. The maximum Gasteiger partial charge on any atom is 0.290 e. The average Bonchev–Trinajstić information content (AvgIpc) is 3.14. The second-order valence-electron chi connectivity index (χ2n) is 5.02. The Kier molecular flexibility index (Phi) is 4.35. The highest BCUT2D eigenvalue weighted by molar-refractivity contribution is 5.95. The van der Waals surface area contributed by atoms with Gasteiger partial charge in [0.2, 0.25) is 5.91 Å². The summed E-state index contributed by atoms with van der Waals surface area (Å²) in [5.74, 6) is 0.635. The van der Waals surface area contributed by atoms with Crippen molar-refractivity contribution in [1.29, 1.82) is 0 Å². The van der Waals surface area contributed by atoms with E-state index in [1.54, 1.807) is 17.0 Å². The number of nitrogens with two attached hydrogens (primary N) is 1. The van der Waals surface area contributed by atoms with Crippen molar-refractivity contribution in [2.24, 2.45) is 5.73 Å². The molecule has 3 rings (SSSR count). The summed E-state index contributed by atoms with van der Waals surface area (Å²) in [6.07, 6.45) is 2.19. The lowest BCUT2D eigenvalue weighted by molar-refractivity contribution is -0.135. The van der Waals surface area contributed by atoms with Gasteiger partial charge in [-0.3, -0.25) is 9.59 Å². The van der Waals surface area contributed by atoms with Crippen molar-refractivity contribution in [3.8, 4) is 0 Å². The molecule has 0 unspecified atom stereocenters. The quantitative estimate of drug-likeness (QED) is 0.887. The van der Waals surface area contributed by atoms with E-state index in [1.807, 2.05) is 4.90 Å². The summed E-state index contributed by atoms with van der Waals surface area (Å²) in [7, 11) is 0. The molecule has 2 amide bonds. The summed E-state index contributed by atoms with van der Waals surface area (Å²) in [5, 5.41) is 0. The minimum atomic E-state index is -0.233. The molecule has 2 N–H and O–H groups in total. The van der Waals surface area contributed by atoms with Gasteiger partial charge in [-0.15, -0.1) is 12.4 Å². The van der Waals surface area contributed by atoms with Gasteiger partial charge in [0.25, 0.3) is 5.91 Å². The first-order valence-corrected chi connectivity index (χ1v) is 6.56. The van der Waals surface area contributed by atoms with Crippen molar-refractivity contribution in [2.45, 2.75) is 25.4 Å². The Labute approximate surface area is 123 Å². The molecular weight excluding hydrogens is 282 g/mol. The van der Waals surface area contributed by atoms with E-state index in [2.05, 4.69) is 0 Å². The number of amides is 2. The van der Waals surface area contributed by atoms with Crippen molar-refractivity contribution >= 4 is 24.2 Å². The molecule has 1 aliphatic carbocycles. The van der Waals surface area contributed by atoms with Gasteiger partial charge in [0.05, 0.1) is 6.54 Å². The zero-order valence-corrected chi connectivity index (χ0v) is 11.9. The summed E-state index contributed by atoms with van der Waals surface area (Å²) in [4.78, 5) is 27.6. The highest BCUT2D eigenvalue weighted by Gasteiger charge is 2.37. The Morgan fingerprint density at radius 2 is 2.10 bits per heavy atom. The number of hydrogen-bond donors (Lipinski definition) is 1. The molecule has 2 aliphatic rings. The molecule has 20 heavy (non-hydrogen) atoms. The van der Waals surface area contributed by atoms with Crippen LogP contribution in [0, 0.1) is 0 Å². The van der Waals surface area contributed by atoms with E-state index >= 15 is 0 Å². The number of furan rings is 1. The van der Waals surface area contributed by atoms with Crippen LogP contribution in [0.2, 0.25) is 0 Å². The molecule has 2 heterocycles. The van der Waals surface area contributed by atoms with Crippen LogP contribution in [0.25, 0.3) is 0 Å². The molecule has 1 aromatic rings. The Bertz CT molecular complexity index is 513.